The Morgan fingerprint density at radius 2 is 2.04 bits per heavy atom. The van der Waals surface area contributed by atoms with Gasteiger partial charge >= 0.3 is 0 Å². The second kappa shape index (κ2) is 6.36. The molecule has 0 radical (unpaired) electrons. The molecule has 130 valence electrons. The molecular weight excluding hydrogens is 316 g/mol. The Hall–Kier alpha value is -2.61. The molecule has 1 aliphatic carbocycles. The summed E-state index contributed by atoms with van der Waals surface area (Å²) in [6.45, 7) is 4.82. The van der Waals surface area contributed by atoms with Gasteiger partial charge < -0.3 is 5.32 Å². The summed E-state index contributed by atoms with van der Waals surface area (Å²) in [5.74, 6) is 2.29. The van der Waals surface area contributed by atoms with Gasteiger partial charge in [-0.1, -0.05) is 0 Å². The van der Waals surface area contributed by atoms with Crippen molar-refractivity contribution < 1.29 is 0 Å². The van der Waals surface area contributed by atoms with Gasteiger partial charge in [0.15, 0.2) is 23.1 Å². The van der Waals surface area contributed by atoms with Crippen LogP contribution in [0.15, 0.2) is 6.20 Å². The Kier molecular flexibility index (Phi) is 4.04. The molecule has 0 aromatic carbocycles. The van der Waals surface area contributed by atoms with E-state index in [0.717, 1.165) is 41.6 Å². The molecule has 1 aliphatic rings. The van der Waals surface area contributed by atoms with Crippen molar-refractivity contribution in [2.24, 2.45) is 7.05 Å². The second-order valence-electron chi connectivity index (χ2n) is 6.51. The monoisotopic (exact) mass is 338 g/mol. The van der Waals surface area contributed by atoms with Crippen LogP contribution < -0.4 is 5.32 Å². The highest BCUT2D eigenvalue weighted by molar-refractivity contribution is 5.64. The third-order valence-corrected chi connectivity index (χ3v) is 4.31. The predicted molar refractivity (Wildman–Crippen MR) is 94.9 cm³/mol. The van der Waals surface area contributed by atoms with Crippen LogP contribution in [0, 0.1) is 13.8 Å². The highest BCUT2D eigenvalue weighted by Gasteiger charge is 2.20. The van der Waals surface area contributed by atoms with E-state index in [2.05, 4.69) is 30.5 Å². The molecule has 3 aromatic heterocycles. The van der Waals surface area contributed by atoms with Gasteiger partial charge in [-0.15, -0.1) is 5.10 Å². The topological polar surface area (TPSA) is 85.8 Å². The van der Waals surface area contributed by atoms with E-state index in [1.165, 1.54) is 12.8 Å². The average Bonchev–Trinajstić information content (AvgIpc) is 3.18. The number of nitrogens with one attached hydrogen (secondary N) is 1. The summed E-state index contributed by atoms with van der Waals surface area (Å²) in [6, 6.07) is 0.714. The zero-order chi connectivity index (χ0) is 17.4. The molecule has 25 heavy (non-hydrogen) atoms. The van der Waals surface area contributed by atoms with E-state index in [1.54, 1.807) is 10.9 Å². The van der Waals surface area contributed by atoms with Gasteiger partial charge in [0.1, 0.15) is 0 Å². The molecule has 1 saturated carbocycles. The van der Waals surface area contributed by atoms with Gasteiger partial charge in [0.25, 0.3) is 0 Å². The van der Waals surface area contributed by atoms with E-state index in [9.17, 15) is 0 Å². The van der Waals surface area contributed by atoms with Crippen LogP contribution in [-0.2, 0) is 13.5 Å². The number of aromatic nitrogens is 7. The molecule has 4 rings (SSSR count). The molecule has 3 aromatic rings. The van der Waals surface area contributed by atoms with Gasteiger partial charge in [-0.05, 0) is 38.8 Å². The fourth-order valence-corrected chi connectivity index (χ4v) is 2.71. The van der Waals surface area contributed by atoms with Gasteiger partial charge in [0.2, 0.25) is 0 Å². The van der Waals surface area contributed by atoms with Crippen LogP contribution in [0.1, 0.15) is 41.7 Å². The quantitative estimate of drug-likeness (QED) is 0.730. The third kappa shape index (κ3) is 3.43. The first-order valence-electron chi connectivity index (χ1n) is 8.60. The Morgan fingerprint density at radius 3 is 2.80 bits per heavy atom. The number of hydrogen-bond donors (Lipinski definition) is 1. The van der Waals surface area contributed by atoms with Crippen molar-refractivity contribution in [1.29, 1.82) is 0 Å². The molecular formula is C17H22N8. The average molecular weight is 338 g/mol. The minimum atomic E-state index is 0.638. The second-order valence-corrected chi connectivity index (χ2v) is 6.51. The first kappa shape index (κ1) is 15.9. The molecule has 0 saturated heterocycles. The first-order chi connectivity index (χ1) is 12.1. The molecule has 3 heterocycles. The standard InChI is InChI=1S/C17H22N8/c1-11-10-19-12(2)17-21-14(23-25(11)17)6-7-16-20-15(22-24(16)3)8-9-18-13-4-5-13/h6-7,10,13,18H,4-5,8-9H2,1-3H3/b7-6+. The molecule has 1 N–H and O–H groups in total. The smallest absolute Gasteiger partial charge is 0.177 e. The number of fused-ring (bicyclic) bond motifs is 1. The summed E-state index contributed by atoms with van der Waals surface area (Å²) >= 11 is 0. The highest BCUT2D eigenvalue weighted by atomic mass is 15.3. The lowest BCUT2D eigenvalue weighted by Crippen LogP contribution is -2.19. The first-order valence-corrected chi connectivity index (χ1v) is 8.60. The van der Waals surface area contributed by atoms with Crippen LogP contribution in [-0.4, -0.2) is 46.9 Å². The molecule has 1 fully saturated rings. The summed E-state index contributed by atoms with van der Waals surface area (Å²) in [6.07, 6.45) is 9.00. The van der Waals surface area contributed by atoms with Crippen molar-refractivity contribution in [3.8, 4) is 0 Å². The summed E-state index contributed by atoms with van der Waals surface area (Å²) in [7, 11) is 1.90. The minimum absolute atomic E-state index is 0.638. The van der Waals surface area contributed by atoms with Crippen LogP contribution in [0.25, 0.3) is 17.8 Å². The lowest BCUT2D eigenvalue weighted by atomic mass is 10.4. The van der Waals surface area contributed by atoms with Gasteiger partial charge in [-0.2, -0.15) is 5.10 Å². The number of aryl methyl sites for hydroxylation is 3. The maximum absolute atomic E-state index is 4.58. The SMILES string of the molecule is Cc1ncc(C)n2nc(/C=C/c3nc(CCNC4CC4)nn3C)nc12. The van der Waals surface area contributed by atoms with Crippen LogP contribution in [0.2, 0.25) is 0 Å². The molecule has 0 amide bonds. The largest absolute Gasteiger partial charge is 0.314 e. The number of hydrogen-bond acceptors (Lipinski definition) is 6. The Bertz CT molecular complexity index is 893. The highest BCUT2D eigenvalue weighted by Crippen LogP contribution is 2.18. The maximum atomic E-state index is 4.58. The van der Waals surface area contributed by atoms with Crippen LogP contribution >= 0.6 is 0 Å². The van der Waals surface area contributed by atoms with E-state index in [0.29, 0.717) is 11.9 Å². The lowest BCUT2D eigenvalue weighted by molar-refractivity contribution is 0.657. The summed E-state index contributed by atoms with van der Waals surface area (Å²) < 4.78 is 3.60. The van der Waals surface area contributed by atoms with Crippen molar-refractivity contribution >= 4 is 17.8 Å². The Balaban J connectivity index is 1.50. The normalized spacial score (nSPS) is 14.8. The summed E-state index contributed by atoms with van der Waals surface area (Å²) in [5.41, 5.74) is 2.60. The van der Waals surface area contributed by atoms with Crippen LogP contribution in [0.4, 0.5) is 0 Å². The predicted octanol–water partition coefficient (Wildman–Crippen LogP) is 1.33. The molecule has 0 atom stereocenters. The van der Waals surface area contributed by atoms with Gasteiger partial charge in [-0.25, -0.2) is 19.2 Å². The molecule has 0 bridgehead atoms. The van der Waals surface area contributed by atoms with Crippen molar-refractivity contribution in [3.05, 3.63) is 35.1 Å². The van der Waals surface area contributed by atoms with E-state index in [-0.39, 0.29) is 0 Å². The lowest BCUT2D eigenvalue weighted by Gasteiger charge is -1.97. The number of rotatable bonds is 6. The zero-order valence-corrected chi connectivity index (χ0v) is 14.8. The van der Waals surface area contributed by atoms with Crippen molar-refractivity contribution in [2.75, 3.05) is 6.54 Å². The molecule has 0 spiro atoms. The Morgan fingerprint density at radius 1 is 1.20 bits per heavy atom. The summed E-state index contributed by atoms with van der Waals surface area (Å²) in [4.78, 5) is 13.4. The van der Waals surface area contributed by atoms with E-state index >= 15 is 0 Å². The van der Waals surface area contributed by atoms with Gasteiger partial charge in [0, 0.05) is 32.3 Å². The fraction of sp³-hybridized carbons (Fsp3) is 0.471. The van der Waals surface area contributed by atoms with E-state index < -0.39 is 0 Å². The van der Waals surface area contributed by atoms with Crippen molar-refractivity contribution in [3.63, 3.8) is 0 Å². The molecule has 0 unspecified atom stereocenters. The number of nitrogens with zero attached hydrogens (tertiary/aromatic N) is 7. The third-order valence-electron chi connectivity index (χ3n) is 4.31. The van der Waals surface area contributed by atoms with Gasteiger partial charge in [0.05, 0.1) is 11.4 Å². The minimum Gasteiger partial charge on any atom is -0.314 e. The molecule has 8 nitrogen and oxygen atoms in total. The maximum Gasteiger partial charge on any atom is 0.177 e. The Labute approximate surface area is 146 Å². The molecule has 8 heteroatoms. The van der Waals surface area contributed by atoms with Crippen LogP contribution in [0.3, 0.4) is 0 Å². The van der Waals surface area contributed by atoms with Crippen LogP contribution in [0.5, 0.6) is 0 Å². The van der Waals surface area contributed by atoms with Crippen molar-refractivity contribution in [1.82, 2.24) is 39.7 Å². The van der Waals surface area contributed by atoms with Crippen molar-refractivity contribution in [2.45, 2.75) is 39.2 Å². The van der Waals surface area contributed by atoms with E-state index in [1.807, 2.05) is 37.6 Å². The zero-order valence-electron chi connectivity index (χ0n) is 14.8. The van der Waals surface area contributed by atoms with Gasteiger partial charge in [-0.3, -0.25) is 4.98 Å². The fourth-order valence-electron chi connectivity index (χ4n) is 2.71. The summed E-state index contributed by atoms with van der Waals surface area (Å²) in [5, 5.41) is 12.5. The van der Waals surface area contributed by atoms with E-state index in [4.69, 9.17) is 0 Å². The molecule has 0 aliphatic heterocycles.